The first kappa shape index (κ1) is 28.5. The average Bonchev–Trinajstić information content (AvgIpc) is 3.40. The van der Waals surface area contributed by atoms with E-state index in [1.807, 2.05) is 17.4 Å². The zero-order valence-corrected chi connectivity index (χ0v) is 23.0. The van der Waals surface area contributed by atoms with Gasteiger partial charge in [0, 0.05) is 12.1 Å². The van der Waals surface area contributed by atoms with Gasteiger partial charge in [0.05, 0.1) is 31.9 Å². The van der Waals surface area contributed by atoms with Gasteiger partial charge in [0.2, 0.25) is 10.8 Å². The van der Waals surface area contributed by atoms with Crippen LogP contribution in [0.1, 0.15) is 52.6 Å². The molecule has 0 atom stereocenters. The molecular weight excluding hydrogens is 624 g/mol. The van der Waals surface area contributed by atoms with Crippen LogP contribution in [0.5, 0.6) is 0 Å². The number of rotatable bonds is 2. The molecule has 4 amide bonds. The first-order valence-corrected chi connectivity index (χ1v) is 13.8. The van der Waals surface area contributed by atoms with E-state index in [9.17, 15) is 45.5 Å². The number of alkyl halides is 6. The second kappa shape index (κ2) is 9.38. The summed E-state index contributed by atoms with van der Waals surface area (Å²) in [7, 11) is 0. The molecule has 7 rings (SSSR count). The molecule has 0 saturated heterocycles. The number of benzene rings is 4. The van der Waals surface area contributed by atoms with E-state index in [2.05, 4.69) is 4.98 Å². The Bertz CT molecular complexity index is 2210. The largest absolute Gasteiger partial charge is 0.429 e. The van der Waals surface area contributed by atoms with E-state index in [1.165, 1.54) is 23.5 Å². The van der Waals surface area contributed by atoms with Crippen LogP contribution in [0.15, 0.2) is 78.9 Å². The Morgan fingerprint density at radius 3 is 1.93 bits per heavy atom. The average molecular weight is 639 g/mol. The minimum absolute atomic E-state index is 0.0517. The lowest BCUT2D eigenvalue weighted by molar-refractivity contribution is -0.288. The van der Waals surface area contributed by atoms with Gasteiger partial charge in [-0.05, 0) is 53.6 Å². The third-order valence-electron chi connectivity index (χ3n) is 7.87. The fraction of sp³-hybridized carbons (Fsp3) is 0.0968. The lowest BCUT2D eigenvalue weighted by Gasteiger charge is -2.38. The molecule has 3 heterocycles. The molecule has 4 aliphatic rings. The fourth-order valence-corrected chi connectivity index (χ4v) is 6.79. The van der Waals surface area contributed by atoms with E-state index in [0.29, 0.717) is 51.0 Å². The second-order valence-electron chi connectivity index (χ2n) is 10.3. The van der Waals surface area contributed by atoms with E-state index in [-0.39, 0.29) is 16.5 Å². The van der Waals surface area contributed by atoms with E-state index < -0.39 is 63.7 Å². The molecule has 3 aliphatic heterocycles. The summed E-state index contributed by atoms with van der Waals surface area (Å²) in [6.45, 7) is 0. The van der Waals surface area contributed by atoms with Gasteiger partial charge in [0.1, 0.15) is 11.1 Å². The maximum atomic E-state index is 14.8. The smallest absolute Gasteiger partial charge is 0.288 e. The molecule has 0 fully saturated rings. The molecule has 0 bridgehead atoms. The molecule has 0 aromatic heterocycles. The third kappa shape index (κ3) is 3.98. The van der Waals surface area contributed by atoms with Gasteiger partial charge in [0.25, 0.3) is 11.8 Å². The van der Waals surface area contributed by atoms with Gasteiger partial charge in [-0.1, -0.05) is 28.8 Å². The van der Waals surface area contributed by atoms with Gasteiger partial charge in [-0.15, -0.1) is 11.3 Å². The summed E-state index contributed by atoms with van der Waals surface area (Å²) >= 11 is 1.32. The molecule has 7 nitrogen and oxygen atoms in total. The molecule has 1 aliphatic carbocycles. The zero-order chi connectivity index (χ0) is 32.1. The molecule has 3 aromatic rings. The summed E-state index contributed by atoms with van der Waals surface area (Å²) in [5.41, 5.74) is -8.35. The van der Waals surface area contributed by atoms with Crippen molar-refractivity contribution in [2.24, 2.45) is 0 Å². The summed E-state index contributed by atoms with van der Waals surface area (Å²) < 4.78 is 90.5. The van der Waals surface area contributed by atoms with Gasteiger partial charge < -0.3 is 0 Å². The van der Waals surface area contributed by atoms with E-state index in [1.54, 1.807) is 18.2 Å². The maximum Gasteiger partial charge on any atom is 0.429 e. The van der Waals surface area contributed by atoms with Crippen molar-refractivity contribution >= 4 is 45.2 Å². The molecular formula is C31H14F6N3O4S+. The third-order valence-corrected chi connectivity index (χ3v) is 8.98. The van der Waals surface area contributed by atoms with Gasteiger partial charge in [-0.2, -0.15) is 26.3 Å². The Kier molecular flexibility index (Phi) is 5.95. The number of aromatic nitrogens is 1. The minimum Gasteiger partial charge on any atom is -0.288 e. The van der Waals surface area contributed by atoms with Gasteiger partial charge in [0.15, 0.2) is 0 Å². The lowest BCUT2D eigenvalue weighted by Crippen LogP contribution is -2.55. The summed E-state index contributed by atoms with van der Waals surface area (Å²) in [6, 6.07) is 14.9. The Hall–Kier alpha value is -5.24. The van der Waals surface area contributed by atoms with E-state index in [4.69, 9.17) is 0 Å². The van der Waals surface area contributed by atoms with Crippen molar-refractivity contribution in [3.05, 3.63) is 118 Å². The fourth-order valence-electron chi connectivity index (χ4n) is 5.79. The van der Waals surface area contributed by atoms with Crippen LogP contribution >= 0.6 is 11.3 Å². The molecule has 14 heteroatoms. The number of nitrogens with one attached hydrogen (secondary N) is 1. The molecule has 0 unspecified atom stereocenters. The van der Waals surface area contributed by atoms with Gasteiger partial charge in [-0.25, -0.2) is 14.6 Å². The van der Waals surface area contributed by atoms with Crippen molar-refractivity contribution in [1.82, 2.24) is 14.9 Å². The van der Waals surface area contributed by atoms with Crippen molar-refractivity contribution in [2.75, 3.05) is 0 Å². The summed E-state index contributed by atoms with van der Waals surface area (Å²) in [6.07, 6.45) is -12.1. The zero-order valence-electron chi connectivity index (χ0n) is 22.2. The molecule has 45 heavy (non-hydrogen) atoms. The Morgan fingerprint density at radius 1 is 0.644 bits per heavy atom. The monoisotopic (exact) mass is 638 g/mol. The number of hydrogen-bond acceptors (Lipinski definition) is 6. The first-order chi connectivity index (χ1) is 21.2. The standard InChI is InChI=1S/C31H13F6N3O4S/c32-30(33,34)29(31(35,36)37,14-5-8-17-19(11-14)26(42)39-25(17)41)15-6-9-18-20(12-15)28(44)40(27(18)43)16-7-10-22-24(13-16)45-23-4-2-1-3-21(23)38-22/h1-13H/p+1. The SMILES string of the molecule is O=C1NC(=O)c2cc(C(c3ccc4c(c3)C(=O)[N+](=c3ccc5nc6ccccc6sc-5c3)C4=O)(C(F)(F)F)C(F)(F)F)ccc21. The van der Waals surface area contributed by atoms with Crippen molar-refractivity contribution in [3.8, 4) is 10.6 Å². The van der Waals surface area contributed by atoms with Crippen molar-refractivity contribution in [2.45, 2.75) is 17.8 Å². The van der Waals surface area contributed by atoms with Crippen LogP contribution in [-0.4, -0.2) is 41.0 Å². The Morgan fingerprint density at radius 2 is 1.24 bits per heavy atom. The Labute approximate surface area is 251 Å². The van der Waals surface area contributed by atoms with Gasteiger partial charge in [-0.3, -0.25) is 14.9 Å². The topological polar surface area (TPSA) is 96.2 Å². The number of fused-ring (bicyclic) bond motifs is 4. The van der Waals surface area contributed by atoms with Crippen molar-refractivity contribution in [3.63, 3.8) is 0 Å². The molecule has 3 aromatic carbocycles. The van der Waals surface area contributed by atoms with E-state index >= 15 is 0 Å². The minimum atomic E-state index is -6.05. The van der Waals surface area contributed by atoms with Crippen LogP contribution in [0.25, 0.3) is 20.8 Å². The van der Waals surface area contributed by atoms with Gasteiger partial charge >= 0.3 is 24.2 Å². The highest BCUT2D eigenvalue weighted by Crippen LogP contribution is 2.56. The highest BCUT2D eigenvalue weighted by molar-refractivity contribution is 7.21. The number of hydrogen-bond donors (Lipinski definition) is 1. The molecule has 0 radical (unpaired) electrons. The van der Waals surface area contributed by atoms with Crippen LogP contribution in [0, 0.1) is 0 Å². The maximum absolute atomic E-state index is 14.8. The number of carbonyl (C=O) groups excluding carboxylic acids is 4. The van der Waals surface area contributed by atoms with Crippen LogP contribution in [0.3, 0.4) is 0 Å². The number of amides is 4. The second-order valence-corrected chi connectivity index (χ2v) is 11.4. The Balaban J connectivity index is 1.43. The molecule has 0 spiro atoms. The molecule has 0 saturated carbocycles. The van der Waals surface area contributed by atoms with E-state index in [0.717, 1.165) is 10.8 Å². The number of para-hydroxylation sites is 1. The highest BCUT2D eigenvalue weighted by atomic mass is 32.1. The highest BCUT2D eigenvalue weighted by Gasteiger charge is 2.73. The van der Waals surface area contributed by atoms with Crippen LogP contribution in [-0.2, 0) is 5.41 Å². The van der Waals surface area contributed by atoms with Crippen LogP contribution < -0.4 is 15.2 Å². The number of halogens is 6. The summed E-state index contributed by atoms with van der Waals surface area (Å²) in [5.74, 6) is -4.17. The number of nitrogens with zero attached hydrogens (tertiary/aromatic N) is 2. The molecule has 1 N–H and O–H groups in total. The quantitative estimate of drug-likeness (QED) is 0.120. The molecule has 224 valence electrons. The predicted octanol–water partition coefficient (Wildman–Crippen LogP) is 5.46. The first-order valence-electron chi connectivity index (χ1n) is 13.0. The van der Waals surface area contributed by atoms with Crippen molar-refractivity contribution < 1.29 is 45.5 Å². The number of imide groups is 2. The predicted molar refractivity (Wildman–Crippen MR) is 148 cm³/mol. The summed E-state index contributed by atoms with van der Waals surface area (Å²) in [4.78, 5) is 56.1. The van der Waals surface area contributed by atoms with Crippen LogP contribution in [0.2, 0.25) is 0 Å². The number of carbonyl (C=O) groups is 4. The van der Waals surface area contributed by atoms with Crippen molar-refractivity contribution in [1.29, 1.82) is 0 Å². The summed E-state index contributed by atoms with van der Waals surface area (Å²) in [5, 5.41) is 1.88. The normalized spacial score (nSPS) is 16.4. The van der Waals surface area contributed by atoms with Crippen LogP contribution in [0.4, 0.5) is 26.3 Å². The lowest BCUT2D eigenvalue weighted by atomic mass is 9.71.